The molecule has 25 heavy (non-hydrogen) atoms. The molecule has 0 unspecified atom stereocenters. The van der Waals surface area contributed by atoms with E-state index in [9.17, 15) is 9.59 Å². The highest BCUT2D eigenvalue weighted by Gasteiger charge is 2.15. The van der Waals surface area contributed by atoms with Crippen molar-refractivity contribution in [2.75, 3.05) is 11.6 Å². The highest BCUT2D eigenvalue weighted by atomic mass is 32.2. The molecule has 0 aliphatic carbocycles. The van der Waals surface area contributed by atoms with Crippen LogP contribution < -0.4 is 5.32 Å². The first-order valence-electron chi connectivity index (χ1n) is 7.52. The maximum atomic E-state index is 12.4. The summed E-state index contributed by atoms with van der Waals surface area (Å²) in [6.07, 6.45) is 6.83. The zero-order chi connectivity index (χ0) is 17.8. The number of benzene rings is 1. The average Bonchev–Trinajstić information content (AvgIpc) is 3.07. The Morgan fingerprint density at radius 3 is 2.48 bits per heavy atom. The van der Waals surface area contributed by atoms with Crippen LogP contribution in [0.25, 0.3) is 0 Å². The summed E-state index contributed by atoms with van der Waals surface area (Å²) < 4.78 is 1.67. The quantitative estimate of drug-likeness (QED) is 0.564. The second-order valence-corrected chi connectivity index (χ2v) is 6.08. The lowest BCUT2D eigenvalue weighted by Crippen LogP contribution is -2.14. The van der Waals surface area contributed by atoms with Crippen LogP contribution in [0.2, 0.25) is 0 Å². The lowest BCUT2D eigenvalue weighted by molar-refractivity contribution is 0.101. The molecule has 0 fully saturated rings. The maximum absolute atomic E-state index is 12.4. The monoisotopic (exact) mass is 352 g/mol. The molecule has 1 N–H and O–H groups in total. The molecule has 6 nitrogen and oxygen atoms in total. The van der Waals surface area contributed by atoms with E-state index >= 15 is 0 Å². The minimum absolute atomic E-state index is 0.165. The number of hydrogen-bond acceptors (Lipinski definition) is 5. The van der Waals surface area contributed by atoms with Crippen molar-refractivity contribution in [1.82, 2.24) is 14.5 Å². The summed E-state index contributed by atoms with van der Waals surface area (Å²) in [5.74, 6) is -0.0281. The lowest BCUT2D eigenvalue weighted by Gasteiger charge is -2.08. The van der Waals surface area contributed by atoms with E-state index in [1.165, 1.54) is 11.8 Å². The molecule has 3 rings (SSSR count). The molecule has 0 saturated heterocycles. The number of imidazole rings is 1. The van der Waals surface area contributed by atoms with Gasteiger partial charge in [-0.25, -0.2) is 9.97 Å². The third-order valence-corrected chi connectivity index (χ3v) is 4.35. The number of thioether (sulfide) groups is 1. The van der Waals surface area contributed by atoms with Crippen molar-refractivity contribution >= 4 is 29.1 Å². The van der Waals surface area contributed by atoms with E-state index in [1.54, 1.807) is 66.6 Å². The van der Waals surface area contributed by atoms with Crippen molar-refractivity contribution in [3.63, 3.8) is 0 Å². The SMILES string of the molecule is CSc1ncccc1C(=O)Nc1ccc(C(=O)c2nccn2C)cc1. The van der Waals surface area contributed by atoms with Crippen LogP contribution in [-0.4, -0.2) is 32.5 Å². The molecule has 1 amide bonds. The number of amides is 1. The van der Waals surface area contributed by atoms with Crippen LogP contribution >= 0.6 is 11.8 Å². The second kappa shape index (κ2) is 7.31. The topological polar surface area (TPSA) is 76.9 Å². The van der Waals surface area contributed by atoms with Crippen molar-refractivity contribution in [1.29, 1.82) is 0 Å². The minimum atomic E-state index is -0.236. The van der Waals surface area contributed by atoms with Crippen LogP contribution in [0.5, 0.6) is 0 Å². The Labute approximate surface area is 149 Å². The third kappa shape index (κ3) is 3.61. The van der Waals surface area contributed by atoms with E-state index in [2.05, 4.69) is 15.3 Å². The average molecular weight is 352 g/mol. The van der Waals surface area contributed by atoms with Gasteiger partial charge < -0.3 is 9.88 Å². The van der Waals surface area contributed by atoms with Gasteiger partial charge in [0, 0.05) is 36.9 Å². The van der Waals surface area contributed by atoms with Gasteiger partial charge in [0.2, 0.25) is 5.78 Å². The minimum Gasteiger partial charge on any atom is -0.331 e. The number of ketones is 1. The number of aryl methyl sites for hydroxylation is 1. The van der Waals surface area contributed by atoms with E-state index in [1.807, 2.05) is 6.26 Å². The molecular formula is C18H16N4O2S. The van der Waals surface area contributed by atoms with Gasteiger partial charge in [0.1, 0.15) is 5.03 Å². The van der Waals surface area contributed by atoms with Gasteiger partial charge in [0.05, 0.1) is 5.56 Å². The molecule has 0 spiro atoms. The predicted molar refractivity (Wildman–Crippen MR) is 97.1 cm³/mol. The normalized spacial score (nSPS) is 10.5. The Bertz CT molecular complexity index is 919. The molecule has 7 heteroatoms. The van der Waals surface area contributed by atoms with E-state index < -0.39 is 0 Å². The van der Waals surface area contributed by atoms with Crippen LogP contribution in [0, 0.1) is 0 Å². The Balaban J connectivity index is 1.76. The summed E-state index contributed by atoms with van der Waals surface area (Å²) in [5.41, 5.74) is 1.64. The van der Waals surface area contributed by atoms with Gasteiger partial charge in [-0.15, -0.1) is 11.8 Å². The Kier molecular flexibility index (Phi) is 4.95. The third-order valence-electron chi connectivity index (χ3n) is 3.64. The molecular weight excluding hydrogens is 336 g/mol. The van der Waals surface area contributed by atoms with Crippen molar-refractivity contribution < 1.29 is 9.59 Å². The zero-order valence-corrected chi connectivity index (χ0v) is 14.6. The molecule has 3 aromatic rings. The van der Waals surface area contributed by atoms with Crippen LogP contribution in [0.15, 0.2) is 60.0 Å². The number of carbonyl (C=O) groups excluding carboxylic acids is 2. The summed E-state index contributed by atoms with van der Waals surface area (Å²) in [6, 6.07) is 10.2. The Morgan fingerprint density at radius 1 is 1.08 bits per heavy atom. The number of carbonyl (C=O) groups is 2. The number of anilines is 1. The van der Waals surface area contributed by atoms with Gasteiger partial charge >= 0.3 is 0 Å². The summed E-state index contributed by atoms with van der Waals surface area (Å²) in [6.45, 7) is 0. The summed E-state index contributed by atoms with van der Waals surface area (Å²) in [5, 5.41) is 3.49. The van der Waals surface area contributed by atoms with Crippen molar-refractivity contribution in [3.8, 4) is 0 Å². The highest BCUT2D eigenvalue weighted by molar-refractivity contribution is 7.98. The summed E-state index contributed by atoms with van der Waals surface area (Å²) >= 11 is 1.41. The number of rotatable bonds is 5. The largest absolute Gasteiger partial charge is 0.331 e. The standard InChI is InChI=1S/C18H16N4O2S/c1-22-11-10-19-16(22)15(23)12-5-7-13(8-6-12)21-17(24)14-4-3-9-20-18(14)25-2/h3-11H,1-2H3,(H,21,24). The highest BCUT2D eigenvalue weighted by Crippen LogP contribution is 2.19. The van der Waals surface area contributed by atoms with E-state index in [0.717, 1.165) is 0 Å². The first-order chi connectivity index (χ1) is 12.1. The van der Waals surface area contributed by atoms with Gasteiger partial charge in [-0.05, 0) is 42.7 Å². The van der Waals surface area contributed by atoms with Gasteiger partial charge in [-0.1, -0.05) is 0 Å². The van der Waals surface area contributed by atoms with Gasteiger partial charge in [0.15, 0.2) is 5.82 Å². The smallest absolute Gasteiger partial charge is 0.258 e. The van der Waals surface area contributed by atoms with Crippen molar-refractivity contribution in [3.05, 3.63) is 71.9 Å². The van der Waals surface area contributed by atoms with Crippen LogP contribution in [-0.2, 0) is 7.05 Å². The molecule has 1 aromatic carbocycles. The molecule has 0 atom stereocenters. The van der Waals surface area contributed by atoms with E-state index in [4.69, 9.17) is 0 Å². The number of nitrogens with one attached hydrogen (secondary N) is 1. The molecule has 0 radical (unpaired) electrons. The number of pyridine rings is 1. The summed E-state index contributed by atoms with van der Waals surface area (Å²) in [4.78, 5) is 33.0. The predicted octanol–water partition coefficient (Wildman–Crippen LogP) is 3.02. The number of aromatic nitrogens is 3. The van der Waals surface area contributed by atoms with Crippen molar-refractivity contribution in [2.24, 2.45) is 7.05 Å². The first kappa shape index (κ1) is 16.9. The fourth-order valence-corrected chi connectivity index (χ4v) is 2.89. The molecule has 126 valence electrons. The van der Waals surface area contributed by atoms with Crippen LogP contribution in [0.4, 0.5) is 5.69 Å². The van der Waals surface area contributed by atoms with Gasteiger partial charge in [-0.3, -0.25) is 9.59 Å². The Morgan fingerprint density at radius 2 is 1.84 bits per heavy atom. The van der Waals surface area contributed by atoms with Gasteiger partial charge in [-0.2, -0.15) is 0 Å². The molecule has 0 saturated carbocycles. The molecule has 0 bridgehead atoms. The van der Waals surface area contributed by atoms with Gasteiger partial charge in [0.25, 0.3) is 5.91 Å². The fourth-order valence-electron chi connectivity index (χ4n) is 2.34. The van der Waals surface area contributed by atoms with Crippen LogP contribution in [0.3, 0.4) is 0 Å². The molecule has 2 aromatic heterocycles. The maximum Gasteiger partial charge on any atom is 0.258 e. The zero-order valence-electron chi connectivity index (χ0n) is 13.8. The fraction of sp³-hybridized carbons (Fsp3) is 0.111. The first-order valence-corrected chi connectivity index (χ1v) is 8.75. The van der Waals surface area contributed by atoms with Crippen molar-refractivity contribution in [2.45, 2.75) is 5.03 Å². The molecule has 2 heterocycles. The molecule has 0 aliphatic heterocycles. The number of nitrogens with zero attached hydrogens (tertiary/aromatic N) is 3. The lowest BCUT2D eigenvalue weighted by atomic mass is 10.1. The van der Waals surface area contributed by atoms with Crippen LogP contribution in [0.1, 0.15) is 26.5 Å². The van der Waals surface area contributed by atoms with E-state index in [-0.39, 0.29) is 11.7 Å². The molecule has 0 aliphatic rings. The second-order valence-electron chi connectivity index (χ2n) is 5.28. The summed E-state index contributed by atoms with van der Waals surface area (Å²) in [7, 11) is 1.77. The van der Waals surface area contributed by atoms with E-state index in [0.29, 0.717) is 27.7 Å². The Hall–Kier alpha value is -2.93. The number of hydrogen-bond donors (Lipinski definition) is 1.